The van der Waals surface area contributed by atoms with Gasteiger partial charge in [0.25, 0.3) is 0 Å². The lowest BCUT2D eigenvalue weighted by atomic mass is 10.2. The van der Waals surface area contributed by atoms with Gasteiger partial charge < -0.3 is 5.73 Å². The highest BCUT2D eigenvalue weighted by atomic mass is 35.5. The minimum absolute atomic E-state index is 0.0395. The number of nitrogen functional groups attached to an aromatic ring is 1. The van der Waals surface area contributed by atoms with Gasteiger partial charge in [-0.1, -0.05) is 23.7 Å². The van der Waals surface area contributed by atoms with E-state index in [9.17, 15) is 13.0 Å². The summed E-state index contributed by atoms with van der Waals surface area (Å²) in [5, 5.41) is 0.386. The van der Waals surface area contributed by atoms with Crippen LogP contribution >= 0.6 is 11.6 Å². The van der Waals surface area contributed by atoms with Crippen molar-refractivity contribution in [3.8, 4) is 0 Å². The highest BCUT2D eigenvalue weighted by Crippen LogP contribution is 2.24. The summed E-state index contributed by atoms with van der Waals surface area (Å²) in [6.07, 6.45) is 0. The number of rotatable bonds is 3. The summed E-state index contributed by atoms with van der Waals surface area (Å²) in [4.78, 5) is 0.316. The quantitative estimate of drug-likeness (QED) is 0.882. The fourth-order valence-corrected chi connectivity index (χ4v) is 3.07. The summed E-state index contributed by atoms with van der Waals surface area (Å²) in [6.45, 7) is 0. The van der Waals surface area contributed by atoms with E-state index in [1.807, 2.05) is 0 Å². The van der Waals surface area contributed by atoms with Crippen molar-refractivity contribution in [2.75, 3.05) is 5.73 Å². The summed E-state index contributed by atoms with van der Waals surface area (Å²) in [5.41, 5.74) is 6.04. The molecule has 0 saturated carbocycles. The number of hydrogen-bond donors (Lipinski definition) is 1. The second-order valence-corrected chi connectivity index (χ2v) is 5.74. The minimum atomic E-state index is -1.59. The Morgan fingerprint density at radius 3 is 2.68 bits per heavy atom. The van der Waals surface area contributed by atoms with Crippen LogP contribution in [0.4, 0.5) is 14.5 Å². The van der Waals surface area contributed by atoms with Crippen LogP contribution in [0.1, 0.15) is 5.56 Å². The summed E-state index contributed by atoms with van der Waals surface area (Å²) in [6, 6.07) is 8.32. The molecular formula is C13H10ClF2NOS. The van der Waals surface area contributed by atoms with Crippen molar-refractivity contribution in [3.05, 3.63) is 58.6 Å². The predicted octanol–water partition coefficient (Wildman–Crippen LogP) is 3.51. The molecule has 0 aliphatic heterocycles. The van der Waals surface area contributed by atoms with Gasteiger partial charge in [-0.25, -0.2) is 8.78 Å². The lowest BCUT2D eigenvalue weighted by Gasteiger charge is -2.07. The van der Waals surface area contributed by atoms with Crippen molar-refractivity contribution in [1.82, 2.24) is 0 Å². The molecule has 0 heterocycles. The molecule has 19 heavy (non-hydrogen) atoms. The van der Waals surface area contributed by atoms with E-state index in [0.717, 1.165) is 6.07 Å². The van der Waals surface area contributed by atoms with Gasteiger partial charge in [-0.15, -0.1) is 0 Å². The van der Waals surface area contributed by atoms with Crippen LogP contribution in [-0.4, -0.2) is 4.21 Å². The Morgan fingerprint density at radius 2 is 1.95 bits per heavy atom. The van der Waals surface area contributed by atoms with Crippen LogP contribution in [0.15, 0.2) is 41.3 Å². The molecule has 0 aliphatic carbocycles. The number of nitrogens with two attached hydrogens (primary N) is 1. The van der Waals surface area contributed by atoms with Gasteiger partial charge in [-0.2, -0.15) is 0 Å². The van der Waals surface area contributed by atoms with Crippen molar-refractivity contribution < 1.29 is 13.0 Å². The summed E-state index contributed by atoms with van der Waals surface area (Å²) in [7, 11) is -1.59. The molecule has 6 heteroatoms. The van der Waals surface area contributed by atoms with Crippen molar-refractivity contribution in [3.63, 3.8) is 0 Å². The van der Waals surface area contributed by atoms with Crippen molar-refractivity contribution in [2.24, 2.45) is 0 Å². The molecule has 2 aromatic carbocycles. The van der Waals surface area contributed by atoms with Gasteiger partial charge in [0.05, 0.1) is 21.4 Å². The number of anilines is 1. The molecule has 2 N–H and O–H groups in total. The molecule has 0 aliphatic rings. The van der Waals surface area contributed by atoms with E-state index in [-0.39, 0.29) is 11.3 Å². The van der Waals surface area contributed by atoms with Gasteiger partial charge in [0.2, 0.25) is 0 Å². The van der Waals surface area contributed by atoms with Gasteiger partial charge >= 0.3 is 0 Å². The zero-order chi connectivity index (χ0) is 14.0. The Hall–Kier alpha value is -1.46. The largest absolute Gasteiger partial charge is 0.398 e. The number of halogens is 3. The molecule has 2 aromatic rings. The fraction of sp³-hybridized carbons (Fsp3) is 0.0769. The van der Waals surface area contributed by atoms with Crippen LogP contribution in [0.5, 0.6) is 0 Å². The van der Waals surface area contributed by atoms with E-state index in [0.29, 0.717) is 15.6 Å². The second-order valence-electron chi connectivity index (χ2n) is 3.88. The lowest BCUT2D eigenvalue weighted by Crippen LogP contribution is -2.03. The molecule has 0 spiro atoms. The maximum atomic E-state index is 13.5. The van der Waals surface area contributed by atoms with E-state index >= 15 is 0 Å². The maximum absolute atomic E-state index is 13.5. The molecule has 1 atom stereocenters. The first-order chi connectivity index (χ1) is 8.99. The SMILES string of the molecule is Nc1ccc(Cl)cc1S(=O)Cc1cccc(F)c1F. The smallest absolute Gasteiger partial charge is 0.162 e. The van der Waals surface area contributed by atoms with Crippen molar-refractivity contribution in [2.45, 2.75) is 10.6 Å². The molecule has 2 rings (SSSR count). The van der Waals surface area contributed by atoms with E-state index in [1.54, 1.807) is 6.07 Å². The van der Waals surface area contributed by atoms with E-state index < -0.39 is 22.4 Å². The molecule has 0 fully saturated rings. The van der Waals surface area contributed by atoms with Crippen LogP contribution in [0.2, 0.25) is 5.02 Å². The van der Waals surface area contributed by atoms with Gasteiger partial charge in [0.1, 0.15) is 0 Å². The van der Waals surface area contributed by atoms with Crippen LogP contribution in [-0.2, 0) is 16.6 Å². The Balaban J connectivity index is 2.31. The first-order valence-corrected chi connectivity index (χ1v) is 7.05. The first kappa shape index (κ1) is 14.0. The second kappa shape index (κ2) is 5.67. The molecule has 1 unspecified atom stereocenters. The normalized spacial score (nSPS) is 12.4. The van der Waals surface area contributed by atoms with Crippen molar-refractivity contribution in [1.29, 1.82) is 0 Å². The molecule has 0 saturated heterocycles. The van der Waals surface area contributed by atoms with Crippen molar-refractivity contribution >= 4 is 28.1 Å². The predicted molar refractivity (Wildman–Crippen MR) is 72.3 cm³/mol. The van der Waals surface area contributed by atoms with Gasteiger partial charge in [0, 0.05) is 16.3 Å². The molecule has 0 bridgehead atoms. The Bertz CT molecular complexity index is 649. The summed E-state index contributed by atoms with van der Waals surface area (Å²) >= 11 is 5.80. The molecular weight excluding hydrogens is 292 g/mol. The fourth-order valence-electron chi connectivity index (χ4n) is 1.58. The Kier molecular flexibility index (Phi) is 4.17. The Labute approximate surface area is 116 Å². The number of benzene rings is 2. The summed E-state index contributed by atoms with van der Waals surface area (Å²) in [5.74, 6) is -2.11. The molecule has 0 aromatic heterocycles. The van der Waals surface area contributed by atoms with E-state index in [1.165, 1.54) is 24.3 Å². The highest BCUT2D eigenvalue weighted by molar-refractivity contribution is 7.84. The Morgan fingerprint density at radius 1 is 1.21 bits per heavy atom. The monoisotopic (exact) mass is 301 g/mol. The average Bonchev–Trinajstić information content (AvgIpc) is 2.38. The minimum Gasteiger partial charge on any atom is -0.398 e. The molecule has 0 amide bonds. The van der Waals surface area contributed by atoms with Gasteiger partial charge in [-0.05, 0) is 24.3 Å². The van der Waals surface area contributed by atoms with E-state index in [2.05, 4.69) is 0 Å². The topological polar surface area (TPSA) is 43.1 Å². The third-order valence-corrected chi connectivity index (χ3v) is 4.19. The van der Waals surface area contributed by atoms with Gasteiger partial charge in [-0.3, -0.25) is 4.21 Å². The van der Waals surface area contributed by atoms with Crippen LogP contribution in [0.25, 0.3) is 0 Å². The molecule has 0 radical (unpaired) electrons. The highest BCUT2D eigenvalue weighted by Gasteiger charge is 2.14. The summed E-state index contributed by atoms with van der Waals surface area (Å²) < 4.78 is 38.7. The van der Waals surface area contributed by atoms with Gasteiger partial charge in [0.15, 0.2) is 11.6 Å². The number of hydrogen-bond acceptors (Lipinski definition) is 2. The van der Waals surface area contributed by atoms with Crippen LogP contribution < -0.4 is 5.73 Å². The molecule has 2 nitrogen and oxygen atoms in total. The lowest BCUT2D eigenvalue weighted by molar-refractivity contribution is 0.502. The van der Waals surface area contributed by atoms with Crippen LogP contribution in [0.3, 0.4) is 0 Å². The third-order valence-electron chi connectivity index (χ3n) is 2.54. The first-order valence-electron chi connectivity index (χ1n) is 5.35. The standard InChI is InChI=1S/C13H10ClF2NOS/c14-9-4-5-11(17)12(6-9)19(18)7-8-2-1-3-10(15)13(8)16/h1-6H,7,17H2. The van der Waals surface area contributed by atoms with Crippen LogP contribution in [0, 0.1) is 11.6 Å². The zero-order valence-corrected chi connectivity index (χ0v) is 11.3. The molecule has 100 valence electrons. The zero-order valence-electron chi connectivity index (χ0n) is 9.70. The van der Waals surface area contributed by atoms with E-state index in [4.69, 9.17) is 17.3 Å². The third kappa shape index (κ3) is 3.11. The maximum Gasteiger partial charge on any atom is 0.162 e. The average molecular weight is 302 g/mol.